The first kappa shape index (κ1) is 6.55. The van der Waals surface area contributed by atoms with Gasteiger partial charge >= 0.3 is 0 Å². The molecule has 0 fully saturated rings. The summed E-state index contributed by atoms with van der Waals surface area (Å²) in [6.45, 7) is 4.01. The molecular formula is C6H10NOS+. The second-order valence-electron chi connectivity index (χ2n) is 2.04. The Kier molecular flexibility index (Phi) is 2.05. The summed E-state index contributed by atoms with van der Waals surface area (Å²) in [7, 11) is 0. The Bertz CT molecular complexity index is 160. The third kappa shape index (κ3) is 2.01. The maximum Gasteiger partial charge on any atom is 0.276 e. The van der Waals surface area contributed by atoms with Crippen LogP contribution in [-0.4, -0.2) is 6.10 Å². The molecule has 0 aromatic carbocycles. The fraction of sp³-hybridized carbons (Fsp3) is 0.500. The first-order valence-electron chi connectivity index (χ1n) is 2.89. The van der Waals surface area contributed by atoms with E-state index in [1.165, 1.54) is 0 Å². The number of rotatable bonds is 2. The van der Waals surface area contributed by atoms with Gasteiger partial charge in [-0.2, -0.15) is 0 Å². The van der Waals surface area contributed by atoms with Crippen LogP contribution in [-0.2, 0) is 0 Å². The molecule has 50 valence electrons. The molecule has 9 heavy (non-hydrogen) atoms. The summed E-state index contributed by atoms with van der Waals surface area (Å²) in [4.78, 5) is 5.28. The van der Waals surface area contributed by atoms with Crippen LogP contribution in [0.25, 0.3) is 0 Å². The Labute approximate surface area is 58.7 Å². The van der Waals surface area contributed by atoms with Gasteiger partial charge in [0.25, 0.3) is 5.51 Å². The molecule has 0 aliphatic heterocycles. The monoisotopic (exact) mass is 144 g/mol. The Morgan fingerprint density at radius 1 is 1.56 bits per heavy atom. The van der Waals surface area contributed by atoms with Gasteiger partial charge in [-0.15, -0.1) is 0 Å². The van der Waals surface area contributed by atoms with Crippen molar-refractivity contribution in [3.63, 3.8) is 0 Å². The third-order valence-corrected chi connectivity index (χ3v) is 1.39. The number of nitrogens with zero attached hydrogens (tertiary/aromatic N) is 1. The molecule has 0 aliphatic rings. The fourth-order valence-corrected chi connectivity index (χ4v) is 1.03. The molecule has 1 aromatic heterocycles. The average Bonchev–Trinajstić information content (AvgIpc) is 2.15. The van der Waals surface area contributed by atoms with Crippen LogP contribution in [0, 0.1) is 0 Å². The molecule has 2 nitrogen and oxygen atoms in total. The largest absolute Gasteiger partial charge is 0.276 e. The quantitative estimate of drug-likeness (QED) is 0.561. The van der Waals surface area contributed by atoms with Gasteiger partial charge in [0.2, 0.25) is 6.20 Å². The van der Waals surface area contributed by atoms with Crippen molar-refractivity contribution in [1.29, 1.82) is 0 Å². The molecule has 0 atom stereocenters. The van der Waals surface area contributed by atoms with Crippen molar-refractivity contribution >= 4 is 11.3 Å². The molecular weight excluding hydrogens is 134 g/mol. The van der Waals surface area contributed by atoms with Crippen molar-refractivity contribution in [3.05, 3.63) is 17.1 Å². The SMILES string of the molecule is CC(C)O[n+]1ccsc1. The highest BCUT2D eigenvalue weighted by Gasteiger charge is 2.02. The smallest absolute Gasteiger partial charge is 0.268 e. The zero-order valence-electron chi connectivity index (χ0n) is 5.57. The van der Waals surface area contributed by atoms with Crippen LogP contribution in [0.2, 0.25) is 0 Å². The molecule has 0 bridgehead atoms. The van der Waals surface area contributed by atoms with E-state index < -0.39 is 0 Å². The minimum absolute atomic E-state index is 0.254. The summed E-state index contributed by atoms with van der Waals surface area (Å²) >= 11 is 1.62. The van der Waals surface area contributed by atoms with E-state index in [1.54, 1.807) is 16.1 Å². The van der Waals surface area contributed by atoms with Crippen molar-refractivity contribution in [1.82, 2.24) is 0 Å². The standard InChI is InChI=1S/C6H10NOS/c1-6(2)8-7-3-4-9-5-7/h3-6H,1-2H3/q+1. The molecule has 0 spiro atoms. The lowest BCUT2D eigenvalue weighted by Gasteiger charge is -1.96. The highest BCUT2D eigenvalue weighted by atomic mass is 32.1. The highest BCUT2D eigenvalue weighted by Crippen LogP contribution is 1.86. The summed E-state index contributed by atoms with van der Waals surface area (Å²) in [5.41, 5.74) is 1.92. The summed E-state index contributed by atoms with van der Waals surface area (Å²) < 4.78 is 1.72. The lowest BCUT2D eigenvalue weighted by Crippen LogP contribution is -2.43. The highest BCUT2D eigenvalue weighted by molar-refractivity contribution is 7.07. The lowest BCUT2D eigenvalue weighted by molar-refractivity contribution is -0.894. The van der Waals surface area contributed by atoms with Crippen LogP contribution >= 0.6 is 11.3 Å². The maximum atomic E-state index is 5.28. The summed E-state index contributed by atoms with van der Waals surface area (Å²) in [6, 6.07) is 0. The first-order valence-corrected chi connectivity index (χ1v) is 3.84. The zero-order valence-corrected chi connectivity index (χ0v) is 6.39. The normalized spacial score (nSPS) is 10.1. The van der Waals surface area contributed by atoms with Crippen molar-refractivity contribution in [3.8, 4) is 0 Å². The molecule has 0 aliphatic carbocycles. The van der Waals surface area contributed by atoms with Crippen LogP contribution < -0.4 is 9.57 Å². The van der Waals surface area contributed by atoms with Crippen LogP contribution in [0.1, 0.15) is 13.8 Å². The molecule has 1 aromatic rings. The van der Waals surface area contributed by atoms with Gasteiger partial charge in [0.05, 0.1) is 5.38 Å². The van der Waals surface area contributed by atoms with Crippen LogP contribution in [0.4, 0.5) is 0 Å². The van der Waals surface area contributed by atoms with Crippen LogP contribution in [0.3, 0.4) is 0 Å². The molecule has 0 N–H and O–H groups in total. The van der Waals surface area contributed by atoms with Gasteiger partial charge in [-0.05, 0) is 13.8 Å². The Balaban J connectivity index is 2.48. The van der Waals surface area contributed by atoms with E-state index in [2.05, 4.69) is 0 Å². The lowest BCUT2D eigenvalue weighted by atomic mass is 10.5. The van der Waals surface area contributed by atoms with Crippen LogP contribution in [0.15, 0.2) is 17.1 Å². The van der Waals surface area contributed by atoms with E-state index in [9.17, 15) is 0 Å². The first-order chi connectivity index (χ1) is 4.29. The molecule has 0 saturated heterocycles. The average molecular weight is 144 g/mol. The van der Waals surface area contributed by atoms with Gasteiger partial charge < -0.3 is 0 Å². The number of hydrogen-bond donors (Lipinski definition) is 0. The van der Waals surface area contributed by atoms with E-state index >= 15 is 0 Å². The fourth-order valence-electron chi connectivity index (χ4n) is 0.529. The van der Waals surface area contributed by atoms with Gasteiger partial charge in [-0.25, -0.2) is 0 Å². The molecule has 0 radical (unpaired) electrons. The predicted molar refractivity (Wildman–Crippen MR) is 36.2 cm³/mol. The van der Waals surface area contributed by atoms with E-state index in [4.69, 9.17) is 4.84 Å². The van der Waals surface area contributed by atoms with Crippen molar-refractivity contribution in [2.45, 2.75) is 20.0 Å². The number of aromatic nitrogens is 1. The van der Waals surface area contributed by atoms with Crippen molar-refractivity contribution in [2.24, 2.45) is 0 Å². The number of thiazole rings is 1. The van der Waals surface area contributed by atoms with E-state index in [0.717, 1.165) is 0 Å². The minimum atomic E-state index is 0.254. The number of hydrogen-bond acceptors (Lipinski definition) is 2. The Morgan fingerprint density at radius 2 is 2.33 bits per heavy atom. The maximum absolute atomic E-state index is 5.28. The van der Waals surface area contributed by atoms with Gasteiger partial charge in [0, 0.05) is 4.73 Å². The molecule has 0 saturated carbocycles. The van der Waals surface area contributed by atoms with Gasteiger partial charge in [0.1, 0.15) is 0 Å². The van der Waals surface area contributed by atoms with Crippen molar-refractivity contribution < 1.29 is 9.57 Å². The predicted octanol–water partition coefficient (Wildman–Crippen LogP) is 0.873. The van der Waals surface area contributed by atoms with Gasteiger partial charge in [-0.3, -0.25) is 4.84 Å². The third-order valence-electron chi connectivity index (χ3n) is 0.784. The van der Waals surface area contributed by atoms with Crippen LogP contribution in [0.5, 0.6) is 0 Å². The Hall–Kier alpha value is -0.570. The summed E-state index contributed by atoms with van der Waals surface area (Å²) in [5.74, 6) is 0. The van der Waals surface area contributed by atoms with E-state index in [-0.39, 0.29) is 6.10 Å². The van der Waals surface area contributed by atoms with E-state index in [0.29, 0.717) is 0 Å². The summed E-state index contributed by atoms with van der Waals surface area (Å²) in [5, 5.41) is 1.97. The minimum Gasteiger partial charge on any atom is -0.268 e. The molecule has 0 amide bonds. The summed E-state index contributed by atoms with van der Waals surface area (Å²) in [6.07, 6.45) is 2.15. The second-order valence-corrected chi connectivity index (χ2v) is 2.80. The second kappa shape index (κ2) is 2.82. The zero-order chi connectivity index (χ0) is 6.69. The van der Waals surface area contributed by atoms with Gasteiger partial charge in [-0.1, -0.05) is 11.3 Å². The van der Waals surface area contributed by atoms with Gasteiger partial charge in [0.15, 0.2) is 6.10 Å². The molecule has 0 unspecified atom stereocenters. The van der Waals surface area contributed by atoms with E-state index in [1.807, 2.05) is 30.9 Å². The van der Waals surface area contributed by atoms with Crippen molar-refractivity contribution in [2.75, 3.05) is 0 Å². The molecule has 3 heteroatoms. The Morgan fingerprint density at radius 3 is 2.78 bits per heavy atom. The topological polar surface area (TPSA) is 13.1 Å². The molecule has 1 rings (SSSR count). The molecule has 1 heterocycles.